The van der Waals surface area contributed by atoms with Crippen LogP contribution >= 0.6 is 0 Å². The minimum absolute atomic E-state index is 0. The minimum Gasteiger partial charge on any atom is -0.747 e. The predicted octanol–water partition coefficient (Wildman–Crippen LogP) is -2.28. The molecule has 0 N–H and O–H groups in total. The summed E-state index contributed by atoms with van der Waals surface area (Å²) < 4.78 is 65.4. The van der Waals surface area contributed by atoms with Crippen molar-refractivity contribution in [1.29, 1.82) is 0 Å². The Hall–Kier alpha value is -2.22. The second kappa shape index (κ2) is 10.4. The molecule has 1 heterocycles. The molecule has 10 nitrogen and oxygen atoms in total. The second-order valence-electron chi connectivity index (χ2n) is 7.06. The third kappa shape index (κ3) is 6.43. The molecule has 1 aromatic heterocycles. The van der Waals surface area contributed by atoms with Crippen molar-refractivity contribution >= 4 is 20.2 Å². The van der Waals surface area contributed by atoms with E-state index in [-0.39, 0.29) is 51.0 Å². The van der Waals surface area contributed by atoms with Gasteiger partial charge in [0, 0.05) is 13.5 Å². The van der Waals surface area contributed by atoms with Gasteiger partial charge in [0.2, 0.25) is 5.88 Å². The molecule has 0 spiro atoms. The molecule has 3 rings (SSSR count). The standard InChI is InChI=1S/C20H20N2O8S2.Na/c1-14-8-10-16(11-9-14)32(28,29)30-19-17(12-15-6-4-3-5-7-15)18(23)22(13-31(25,26)27)20(24)21(19)2;/h3-11H,12-13H2,1-2H3,(H,25,26,27);/q;+1/p-1. The third-order valence-electron chi connectivity index (χ3n) is 4.59. The molecule has 0 bridgehead atoms. The van der Waals surface area contributed by atoms with Crippen LogP contribution in [0.15, 0.2) is 69.1 Å². The zero-order chi connectivity index (χ0) is 23.7. The van der Waals surface area contributed by atoms with Gasteiger partial charge in [-0.2, -0.15) is 8.42 Å². The Morgan fingerprint density at radius 2 is 1.52 bits per heavy atom. The fraction of sp³-hybridized carbons (Fsp3) is 0.200. The molecule has 170 valence electrons. The van der Waals surface area contributed by atoms with Crippen LogP contribution in [-0.2, 0) is 39.6 Å². The van der Waals surface area contributed by atoms with Gasteiger partial charge < -0.3 is 8.74 Å². The number of hydrogen-bond acceptors (Lipinski definition) is 8. The second-order valence-corrected chi connectivity index (χ2v) is 9.98. The van der Waals surface area contributed by atoms with Gasteiger partial charge in [0.25, 0.3) is 5.56 Å². The maximum atomic E-state index is 13.0. The molecule has 0 atom stereocenters. The molecule has 0 saturated heterocycles. The molecule has 0 aliphatic rings. The van der Waals surface area contributed by atoms with Crippen LogP contribution in [0.25, 0.3) is 0 Å². The number of hydrogen-bond donors (Lipinski definition) is 0. The normalized spacial score (nSPS) is 11.6. The summed E-state index contributed by atoms with van der Waals surface area (Å²) in [7, 11) is -8.30. The van der Waals surface area contributed by atoms with E-state index in [2.05, 4.69) is 0 Å². The van der Waals surface area contributed by atoms with Gasteiger partial charge in [-0.05, 0) is 24.6 Å². The van der Waals surface area contributed by atoms with Crippen LogP contribution in [0.5, 0.6) is 5.88 Å². The Morgan fingerprint density at radius 1 is 0.939 bits per heavy atom. The van der Waals surface area contributed by atoms with Gasteiger partial charge in [-0.15, -0.1) is 0 Å². The molecule has 0 radical (unpaired) electrons. The summed E-state index contributed by atoms with van der Waals surface area (Å²) in [4.78, 5) is 25.4. The van der Waals surface area contributed by atoms with Crippen molar-refractivity contribution < 1.29 is 55.1 Å². The van der Waals surface area contributed by atoms with Gasteiger partial charge in [0.1, 0.15) is 20.9 Å². The smallest absolute Gasteiger partial charge is 0.747 e. The maximum Gasteiger partial charge on any atom is 1.00 e. The van der Waals surface area contributed by atoms with Crippen LogP contribution in [0.3, 0.4) is 0 Å². The van der Waals surface area contributed by atoms with Crippen molar-refractivity contribution in [2.45, 2.75) is 24.1 Å². The van der Waals surface area contributed by atoms with E-state index in [9.17, 15) is 31.0 Å². The molecule has 0 amide bonds. The molecule has 2 aromatic carbocycles. The summed E-state index contributed by atoms with van der Waals surface area (Å²) in [6.07, 6.45) is -0.175. The molecule has 0 aliphatic carbocycles. The average molecular weight is 503 g/mol. The van der Waals surface area contributed by atoms with Gasteiger partial charge in [0.15, 0.2) is 0 Å². The summed E-state index contributed by atoms with van der Waals surface area (Å²) in [5.74, 6) is -1.96. The molecule has 0 fully saturated rings. The average Bonchev–Trinajstić information content (AvgIpc) is 2.72. The minimum atomic E-state index is -4.98. The first kappa shape index (κ1) is 27.0. The molecule has 0 unspecified atom stereocenters. The third-order valence-corrected chi connectivity index (χ3v) is 6.39. The number of aryl methyl sites for hydroxylation is 1. The van der Waals surface area contributed by atoms with Gasteiger partial charge >= 0.3 is 45.4 Å². The van der Waals surface area contributed by atoms with Crippen LogP contribution in [0, 0.1) is 6.92 Å². The number of aromatic nitrogens is 2. The van der Waals surface area contributed by atoms with Crippen LogP contribution < -0.4 is 45.0 Å². The fourth-order valence-electron chi connectivity index (χ4n) is 3.00. The SMILES string of the molecule is Cc1ccc(S(=O)(=O)Oc2c(Cc3ccccc3)c(=O)n(CS(=O)(=O)[O-])c(=O)n2C)cc1.[Na+]. The number of nitrogens with zero attached hydrogens (tertiary/aromatic N) is 2. The Kier molecular flexibility index (Phi) is 8.49. The van der Waals surface area contributed by atoms with Gasteiger partial charge in [-0.25, -0.2) is 17.8 Å². The first-order valence-electron chi connectivity index (χ1n) is 9.20. The van der Waals surface area contributed by atoms with E-state index in [0.717, 1.165) is 12.6 Å². The van der Waals surface area contributed by atoms with Crippen molar-refractivity contribution in [1.82, 2.24) is 9.13 Å². The van der Waals surface area contributed by atoms with Crippen LogP contribution in [0.1, 0.15) is 16.7 Å². The van der Waals surface area contributed by atoms with Crippen LogP contribution in [0.4, 0.5) is 0 Å². The topological polar surface area (TPSA) is 145 Å². The Bertz CT molecular complexity index is 1480. The Labute approximate surface area is 212 Å². The molecule has 3 aromatic rings. The zero-order valence-electron chi connectivity index (χ0n) is 18.1. The Morgan fingerprint density at radius 3 is 2.06 bits per heavy atom. The van der Waals surface area contributed by atoms with E-state index < -0.39 is 43.2 Å². The molecular weight excluding hydrogens is 483 g/mol. The van der Waals surface area contributed by atoms with Crippen molar-refractivity contribution in [2.24, 2.45) is 7.05 Å². The van der Waals surface area contributed by atoms with E-state index in [4.69, 9.17) is 4.18 Å². The molecular formula is C20H19N2NaO8S2. The maximum absolute atomic E-state index is 13.0. The van der Waals surface area contributed by atoms with E-state index >= 15 is 0 Å². The summed E-state index contributed by atoms with van der Waals surface area (Å²) in [6, 6.07) is 14.1. The van der Waals surface area contributed by atoms with E-state index in [1.54, 1.807) is 49.4 Å². The van der Waals surface area contributed by atoms with Gasteiger partial charge in [-0.3, -0.25) is 9.36 Å². The van der Waals surface area contributed by atoms with E-state index in [1.165, 1.54) is 12.1 Å². The van der Waals surface area contributed by atoms with Crippen molar-refractivity contribution in [2.75, 3.05) is 0 Å². The number of benzene rings is 2. The molecule has 0 saturated carbocycles. The monoisotopic (exact) mass is 502 g/mol. The fourth-order valence-corrected chi connectivity index (χ4v) is 4.53. The molecule has 0 aliphatic heterocycles. The van der Waals surface area contributed by atoms with Crippen molar-refractivity contribution in [3.63, 3.8) is 0 Å². The molecule has 13 heteroatoms. The van der Waals surface area contributed by atoms with Gasteiger partial charge in [0.05, 0.1) is 5.56 Å². The molecule has 33 heavy (non-hydrogen) atoms. The summed E-state index contributed by atoms with van der Waals surface area (Å²) in [5.41, 5.74) is -1.26. The van der Waals surface area contributed by atoms with Crippen molar-refractivity contribution in [3.05, 3.63) is 92.1 Å². The first-order valence-corrected chi connectivity index (χ1v) is 12.2. The summed E-state index contributed by atoms with van der Waals surface area (Å²) in [5, 5.41) is 0. The van der Waals surface area contributed by atoms with E-state index in [0.29, 0.717) is 10.1 Å². The largest absolute Gasteiger partial charge is 1.00 e. The summed E-state index contributed by atoms with van der Waals surface area (Å²) in [6.45, 7) is 1.77. The predicted molar refractivity (Wildman–Crippen MR) is 114 cm³/mol. The Balaban J connectivity index is 0.00000385. The first-order chi connectivity index (χ1) is 14.9. The number of rotatable bonds is 7. The van der Waals surface area contributed by atoms with Crippen LogP contribution in [-0.4, -0.2) is 30.5 Å². The summed E-state index contributed by atoms with van der Waals surface area (Å²) >= 11 is 0. The van der Waals surface area contributed by atoms with E-state index in [1.807, 2.05) is 0 Å². The van der Waals surface area contributed by atoms with Crippen molar-refractivity contribution in [3.8, 4) is 5.88 Å². The zero-order valence-corrected chi connectivity index (χ0v) is 21.7. The van der Waals surface area contributed by atoms with Crippen LogP contribution in [0.2, 0.25) is 0 Å². The quantitative estimate of drug-likeness (QED) is 0.200. The van der Waals surface area contributed by atoms with Gasteiger partial charge in [-0.1, -0.05) is 48.0 Å².